The number of oxazole rings is 1. The van der Waals surface area contributed by atoms with Gasteiger partial charge in [-0.3, -0.25) is 4.79 Å². The Hall–Kier alpha value is -3.45. The molecule has 4 aliphatic rings. The molecule has 0 radical (unpaired) electrons. The Labute approximate surface area is 261 Å². The maximum absolute atomic E-state index is 18.2. The molecule has 0 unspecified atom stereocenters. The van der Waals surface area contributed by atoms with Crippen molar-refractivity contribution in [3.8, 4) is 5.69 Å². The maximum Gasteiger partial charge on any atom is 0.361 e. The van der Waals surface area contributed by atoms with E-state index in [-0.39, 0.29) is 18.5 Å². The second-order valence-corrected chi connectivity index (χ2v) is 14.2. The van der Waals surface area contributed by atoms with Gasteiger partial charge in [0.05, 0.1) is 29.9 Å². The van der Waals surface area contributed by atoms with Gasteiger partial charge in [0.25, 0.3) is 0 Å². The Balaban J connectivity index is 1.28. The van der Waals surface area contributed by atoms with Crippen LogP contribution in [0.4, 0.5) is 13.2 Å². The average Bonchev–Trinajstić information content (AvgIpc) is 3.72. The van der Waals surface area contributed by atoms with Gasteiger partial charge in [-0.15, -0.1) is 0 Å². The molecule has 0 bridgehead atoms. The molecule has 3 saturated carbocycles. The van der Waals surface area contributed by atoms with E-state index in [9.17, 15) is 23.5 Å². The zero-order valence-electron chi connectivity index (χ0n) is 25.0. The number of pyridine rings is 1. The number of esters is 1. The molecule has 3 heterocycles. The van der Waals surface area contributed by atoms with E-state index in [0.717, 1.165) is 29.5 Å². The lowest BCUT2D eigenvalue weighted by atomic mass is 9.44. The smallest absolute Gasteiger partial charge is 0.361 e. The van der Waals surface area contributed by atoms with Crippen LogP contribution in [0, 0.1) is 34.5 Å². The van der Waals surface area contributed by atoms with Crippen molar-refractivity contribution < 1.29 is 37.0 Å². The standard InChI is InChI=1S/C32H33F3N4O5S/c1-17-8-22-21-6-4-19-9-24-18(12-38-39(24)20-5-7-26(34)36-13-20)10-29(19,2)31(21,35)25(40)11-30(22,3)32(17,28(42)45-15-33)44-27(41)23-14-43-16-37-23/h5,7,9,12-14,16-17,21-22,25,40H,4,6,8,10-11,15H2,1-3H3/t17-,21+,22+,25+,29+,30+,31+,32+/m1/s1. The molecule has 238 valence electrons. The first-order chi connectivity index (χ1) is 21.4. The minimum absolute atomic E-state index is 0.141. The van der Waals surface area contributed by atoms with Gasteiger partial charge in [-0.05, 0) is 73.6 Å². The number of thioether (sulfide) groups is 1. The van der Waals surface area contributed by atoms with E-state index in [4.69, 9.17) is 9.15 Å². The van der Waals surface area contributed by atoms with E-state index in [1.54, 1.807) is 30.8 Å². The van der Waals surface area contributed by atoms with Gasteiger partial charge in [0, 0.05) is 22.7 Å². The molecule has 9 nitrogen and oxygen atoms in total. The van der Waals surface area contributed by atoms with Crippen LogP contribution in [0.25, 0.3) is 11.8 Å². The molecule has 0 spiro atoms. The molecule has 3 aromatic rings. The summed E-state index contributed by atoms with van der Waals surface area (Å²) >= 11 is 0.420. The summed E-state index contributed by atoms with van der Waals surface area (Å²) in [6, 6.07) is 1.81. The van der Waals surface area contributed by atoms with Crippen LogP contribution in [0.3, 0.4) is 0 Å². The van der Waals surface area contributed by atoms with Gasteiger partial charge in [-0.1, -0.05) is 26.3 Å². The van der Waals surface area contributed by atoms with Crippen molar-refractivity contribution in [3.05, 3.63) is 65.7 Å². The van der Waals surface area contributed by atoms with Gasteiger partial charge in [-0.25, -0.2) is 28.2 Å². The van der Waals surface area contributed by atoms with Gasteiger partial charge in [-0.2, -0.15) is 9.49 Å². The summed E-state index contributed by atoms with van der Waals surface area (Å²) in [5.74, 6) is -3.22. The highest BCUT2D eigenvalue weighted by atomic mass is 32.2. The number of halogens is 3. The topological polar surface area (TPSA) is 120 Å². The van der Waals surface area contributed by atoms with E-state index in [1.807, 2.05) is 13.0 Å². The van der Waals surface area contributed by atoms with Crippen LogP contribution in [0.2, 0.25) is 0 Å². The summed E-state index contributed by atoms with van der Waals surface area (Å²) in [6.07, 6.45) is 7.01. The largest absolute Gasteiger partial charge is 0.451 e. The minimum atomic E-state index is -2.08. The van der Waals surface area contributed by atoms with Crippen LogP contribution in [-0.4, -0.2) is 59.3 Å². The van der Waals surface area contributed by atoms with E-state index in [2.05, 4.69) is 15.1 Å². The monoisotopic (exact) mass is 642 g/mol. The highest BCUT2D eigenvalue weighted by Crippen LogP contribution is 2.72. The number of aromatic nitrogens is 4. The SMILES string of the molecule is C[C@@H]1C[C@H]2[C@@H]3CCC4=Cc5c(cnn5-c5ccc(F)nc5)C[C@]4(C)[C@@]3(F)[C@@H](O)C[C@]2(C)[C@@]1(OC(=O)c1cocn1)C(=O)SCF. The molecule has 45 heavy (non-hydrogen) atoms. The second-order valence-electron chi connectivity index (χ2n) is 13.3. The lowest BCUT2D eigenvalue weighted by Crippen LogP contribution is -2.70. The molecular weight excluding hydrogens is 609 g/mol. The van der Waals surface area contributed by atoms with E-state index in [1.165, 1.54) is 12.3 Å². The third-order valence-corrected chi connectivity index (χ3v) is 12.1. The van der Waals surface area contributed by atoms with Crippen LogP contribution >= 0.6 is 11.8 Å². The third-order valence-electron chi connectivity index (χ3n) is 11.5. The fraction of sp³-hybridized carbons (Fsp3) is 0.531. The summed E-state index contributed by atoms with van der Waals surface area (Å²) in [5.41, 5.74) is -3.38. The van der Waals surface area contributed by atoms with E-state index in [0.29, 0.717) is 36.7 Å². The number of fused-ring (bicyclic) bond motifs is 6. The summed E-state index contributed by atoms with van der Waals surface area (Å²) in [7, 11) is 0. The zero-order valence-corrected chi connectivity index (χ0v) is 25.8. The van der Waals surface area contributed by atoms with Gasteiger partial charge in [0.2, 0.25) is 11.1 Å². The molecule has 13 heteroatoms. The van der Waals surface area contributed by atoms with Gasteiger partial charge in [0.1, 0.15) is 17.9 Å². The second kappa shape index (κ2) is 10.3. The van der Waals surface area contributed by atoms with Crippen molar-refractivity contribution in [2.45, 2.75) is 70.2 Å². The fourth-order valence-electron chi connectivity index (χ4n) is 9.44. The first-order valence-corrected chi connectivity index (χ1v) is 16.0. The lowest BCUT2D eigenvalue weighted by Gasteiger charge is -2.63. The van der Waals surface area contributed by atoms with Crippen LogP contribution in [-0.2, 0) is 16.0 Å². The van der Waals surface area contributed by atoms with Crippen molar-refractivity contribution in [1.29, 1.82) is 0 Å². The van der Waals surface area contributed by atoms with Gasteiger partial charge < -0.3 is 14.3 Å². The van der Waals surface area contributed by atoms with Crippen molar-refractivity contribution >= 4 is 28.9 Å². The first-order valence-electron chi connectivity index (χ1n) is 15.0. The quantitative estimate of drug-likeness (QED) is 0.277. The Bertz CT molecular complexity index is 1700. The zero-order chi connectivity index (χ0) is 31.9. The molecule has 3 fully saturated rings. The first kappa shape index (κ1) is 30.2. The minimum Gasteiger partial charge on any atom is -0.451 e. The van der Waals surface area contributed by atoms with Gasteiger partial charge >= 0.3 is 5.97 Å². The average molecular weight is 643 g/mol. The van der Waals surface area contributed by atoms with Crippen LogP contribution in [0.5, 0.6) is 0 Å². The molecule has 0 aliphatic heterocycles. The number of alkyl halides is 2. The number of rotatable bonds is 5. The van der Waals surface area contributed by atoms with Crippen molar-refractivity contribution in [2.75, 3.05) is 6.01 Å². The molecule has 0 aromatic carbocycles. The Morgan fingerprint density at radius 1 is 1.22 bits per heavy atom. The molecule has 3 aromatic heterocycles. The maximum atomic E-state index is 18.2. The molecule has 1 N–H and O–H groups in total. The predicted octanol–water partition coefficient (Wildman–Crippen LogP) is 5.67. The van der Waals surface area contributed by atoms with Gasteiger partial charge in [0.15, 0.2) is 17.7 Å². The molecule has 7 rings (SSSR count). The van der Waals surface area contributed by atoms with E-state index < -0.39 is 69.0 Å². The Morgan fingerprint density at radius 2 is 2.02 bits per heavy atom. The number of allylic oxidation sites excluding steroid dienone is 1. The number of hydrogen-bond donors (Lipinski definition) is 1. The normalized spacial score (nSPS) is 36.7. The van der Waals surface area contributed by atoms with Crippen LogP contribution in [0.1, 0.15) is 68.2 Å². The number of aliphatic hydroxyl groups is 1. The van der Waals surface area contributed by atoms with Crippen LogP contribution in [0.15, 0.2) is 47.2 Å². The summed E-state index contributed by atoms with van der Waals surface area (Å²) in [5, 5.41) is 15.8. The van der Waals surface area contributed by atoms with E-state index >= 15 is 4.39 Å². The highest BCUT2D eigenvalue weighted by Gasteiger charge is 2.77. The fourth-order valence-corrected chi connectivity index (χ4v) is 10.2. The number of carbonyl (C=O) groups excluding carboxylic acids is 2. The van der Waals surface area contributed by atoms with Crippen molar-refractivity contribution in [3.63, 3.8) is 0 Å². The number of nitrogens with zero attached hydrogens (tertiary/aromatic N) is 4. The molecule has 0 amide bonds. The predicted molar refractivity (Wildman–Crippen MR) is 157 cm³/mol. The third kappa shape index (κ3) is 3.95. The number of aliphatic hydroxyl groups excluding tert-OH is 1. The lowest BCUT2D eigenvalue weighted by molar-refractivity contribution is -0.224. The molecule has 4 aliphatic carbocycles. The number of carbonyl (C=O) groups is 2. The highest BCUT2D eigenvalue weighted by molar-refractivity contribution is 8.13. The Morgan fingerprint density at radius 3 is 2.71 bits per heavy atom. The summed E-state index contributed by atoms with van der Waals surface area (Å²) < 4.78 is 58.0. The number of hydrogen-bond acceptors (Lipinski definition) is 9. The van der Waals surface area contributed by atoms with Crippen LogP contribution < -0.4 is 0 Å². The van der Waals surface area contributed by atoms with Crippen molar-refractivity contribution in [2.24, 2.45) is 28.6 Å². The molecule has 0 saturated heterocycles. The number of ether oxygens (including phenoxy) is 1. The van der Waals surface area contributed by atoms with Crippen molar-refractivity contribution in [1.82, 2.24) is 19.7 Å². The summed E-state index contributed by atoms with van der Waals surface area (Å²) in [6.45, 7) is 5.38. The molecular formula is C32H33F3N4O5S. The summed E-state index contributed by atoms with van der Waals surface area (Å²) in [4.78, 5) is 34.7. The molecule has 8 atom stereocenters. The Kier molecular flexibility index (Phi) is 6.90.